The minimum absolute atomic E-state index is 0.250. The third kappa shape index (κ3) is 3.50. The van der Waals surface area contributed by atoms with E-state index in [9.17, 15) is 18.0 Å². The van der Waals surface area contributed by atoms with Crippen LogP contribution in [0.3, 0.4) is 0 Å². The maximum atomic E-state index is 13.0. The first-order chi connectivity index (χ1) is 11.4. The number of hydrogen-bond acceptors (Lipinski definition) is 4. The highest BCUT2D eigenvalue weighted by Gasteiger charge is 2.41. The summed E-state index contributed by atoms with van der Waals surface area (Å²) in [6.45, 7) is 1.35. The number of alkyl halides is 3. The summed E-state index contributed by atoms with van der Waals surface area (Å²) in [5.74, 6) is 0.554. The van der Waals surface area contributed by atoms with Gasteiger partial charge in [0.15, 0.2) is 0 Å². The fourth-order valence-corrected chi connectivity index (χ4v) is 3.56. The van der Waals surface area contributed by atoms with Crippen molar-refractivity contribution in [1.29, 1.82) is 0 Å². The van der Waals surface area contributed by atoms with Crippen LogP contribution in [0.15, 0.2) is 18.2 Å². The van der Waals surface area contributed by atoms with E-state index in [1.807, 2.05) is 0 Å². The lowest BCUT2D eigenvalue weighted by atomic mass is 9.88. The van der Waals surface area contributed by atoms with Crippen LogP contribution in [0.1, 0.15) is 42.9 Å². The third-order valence-corrected chi connectivity index (χ3v) is 4.85. The van der Waals surface area contributed by atoms with Crippen LogP contribution in [0, 0.1) is 5.92 Å². The molecular formula is C17H21F3N2O2. The van der Waals surface area contributed by atoms with Crippen LogP contribution in [0.25, 0.3) is 0 Å². The second-order valence-corrected chi connectivity index (χ2v) is 6.53. The van der Waals surface area contributed by atoms with Gasteiger partial charge in [-0.15, -0.1) is 0 Å². The molecular weight excluding hydrogens is 321 g/mol. The number of rotatable bonds is 6. The van der Waals surface area contributed by atoms with Gasteiger partial charge in [-0.1, -0.05) is 0 Å². The van der Waals surface area contributed by atoms with Crippen LogP contribution in [0.2, 0.25) is 0 Å². The topological polar surface area (TPSA) is 55.6 Å². The number of benzene rings is 1. The molecule has 2 atom stereocenters. The van der Waals surface area contributed by atoms with E-state index in [0.29, 0.717) is 43.9 Å². The highest BCUT2D eigenvalue weighted by molar-refractivity contribution is 5.60. The largest absolute Gasteiger partial charge is 0.468 e. The normalized spacial score (nSPS) is 23.8. The number of carbonyl (C=O) groups is 1. The summed E-state index contributed by atoms with van der Waals surface area (Å²) in [6, 6.07) is 3.71. The molecule has 1 aliphatic carbocycles. The van der Waals surface area contributed by atoms with Crippen molar-refractivity contribution in [3.8, 4) is 0 Å². The fraction of sp³-hybridized carbons (Fsp3) is 0.588. The van der Waals surface area contributed by atoms with Gasteiger partial charge in [-0.3, -0.25) is 4.79 Å². The Balaban J connectivity index is 1.87. The smallest absolute Gasteiger partial charge is 0.416 e. The molecule has 4 nitrogen and oxygen atoms in total. The van der Waals surface area contributed by atoms with Gasteiger partial charge < -0.3 is 15.4 Å². The van der Waals surface area contributed by atoms with Crippen molar-refractivity contribution in [3.63, 3.8) is 0 Å². The van der Waals surface area contributed by atoms with E-state index in [-0.39, 0.29) is 12.1 Å². The Labute approximate surface area is 138 Å². The van der Waals surface area contributed by atoms with E-state index in [1.165, 1.54) is 12.1 Å². The minimum atomic E-state index is -4.37. The van der Waals surface area contributed by atoms with Crippen LogP contribution in [-0.4, -0.2) is 25.7 Å². The SMILES string of the molecule is NC1CC(C2CC2)N(CCCOC=O)c2ccc(C(F)(F)F)cc21. The number of fused-ring (bicyclic) bond motifs is 1. The standard InChI is InChI=1S/C17H21F3N2O2/c18-17(19,20)12-4-5-15-13(8-12)14(21)9-16(11-2-3-11)22(15)6-1-7-24-10-23/h4-5,8,10-11,14,16H,1-3,6-7,9,21H2. The second-order valence-electron chi connectivity index (χ2n) is 6.53. The molecule has 7 heteroatoms. The molecule has 0 bridgehead atoms. The molecule has 2 aliphatic rings. The van der Waals surface area contributed by atoms with Crippen LogP contribution < -0.4 is 10.6 Å². The number of hydrogen-bond donors (Lipinski definition) is 1. The molecule has 1 aromatic carbocycles. The molecule has 0 amide bonds. The summed E-state index contributed by atoms with van der Waals surface area (Å²) in [7, 11) is 0. The Morgan fingerprint density at radius 1 is 1.33 bits per heavy atom. The summed E-state index contributed by atoms with van der Waals surface area (Å²) >= 11 is 0. The van der Waals surface area contributed by atoms with Crippen molar-refractivity contribution in [3.05, 3.63) is 29.3 Å². The highest BCUT2D eigenvalue weighted by atomic mass is 19.4. The Kier molecular flexibility index (Phi) is 4.71. The van der Waals surface area contributed by atoms with Crippen molar-refractivity contribution in [2.24, 2.45) is 11.7 Å². The predicted octanol–water partition coefficient (Wildman–Crippen LogP) is 3.26. The Bertz CT molecular complexity index is 602. The van der Waals surface area contributed by atoms with Gasteiger partial charge in [0.1, 0.15) is 0 Å². The van der Waals surface area contributed by atoms with Gasteiger partial charge in [0.2, 0.25) is 0 Å². The summed E-state index contributed by atoms with van der Waals surface area (Å²) in [4.78, 5) is 12.4. The monoisotopic (exact) mass is 342 g/mol. The summed E-state index contributed by atoms with van der Waals surface area (Å²) in [5.41, 5.74) is 6.86. The van der Waals surface area contributed by atoms with Gasteiger partial charge in [0.25, 0.3) is 6.47 Å². The third-order valence-electron chi connectivity index (χ3n) is 4.85. The van der Waals surface area contributed by atoms with E-state index >= 15 is 0 Å². The summed E-state index contributed by atoms with van der Waals surface area (Å²) in [5, 5.41) is 0. The zero-order valence-corrected chi connectivity index (χ0v) is 13.3. The first kappa shape index (κ1) is 17.1. The quantitative estimate of drug-likeness (QED) is 0.637. The number of halogens is 3. The average Bonchev–Trinajstić information content (AvgIpc) is 3.36. The Hall–Kier alpha value is -1.76. The minimum Gasteiger partial charge on any atom is -0.468 e. The van der Waals surface area contributed by atoms with Gasteiger partial charge in [0, 0.05) is 24.3 Å². The van der Waals surface area contributed by atoms with E-state index in [0.717, 1.165) is 24.6 Å². The van der Waals surface area contributed by atoms with E-state index in [2.05, 4.69) is 4.90 Å². The van der Waals surface area contributed by atoms with Crippen molar-refractivity contribution >= 4 is 12.2 Å². The number of carbonyl (C=O) groups excluding carboxylic acids is 1. The summed E-state index contributed by atoms with van der Waals surface area (Å²) < 4.78 is 43.7. The lowest BCUT2D eigenvalue weighted by Gasteiger charge is -2.42. The maximum Gasteiger partial charge on any atom is 0.416 e. The van der Waals surface area contributed by atoms with Crippen molar-refractivity contribution in [2.75, 3.05) is 18.1 Å². The van der Waals surface area contributed by atoms with Crippen LogP contribution in [0.5, 0.6) is 0 Å². The number of nitrogens with zero attached hydrogens (tertiary/aromatic N) is 1. The molecule has 0 radical (unpaired) electrons. The van der Waals surface area contributed by atoms with E-state index in [4.69, 9.17) is 10.5 Å². The first-order valence-electron chi connectivity index (χ1n) is 8.20. The molecule has 0 aromatic heterocycles. The highest BCUT2D eigenvalue weighted by Crippen LogP contribution is 2.46. The molecule has 1 heterocycles. The Morgan fingerprint density at radius 3 is 2.71 bits per heavy atom. The fourth-order valence-electron chi connectivity index (χ4n) is 3.56. The molecule has 1 aliphatic heterocycles. The van der Waals surface area contributed by atoms with Crippen molar-refractivity contribution in [1.82, 2.24) is 0 Å². The lowest BCUT2D eigenvalue weighted by Crippen LogP contribution is -2.44. The average molecular weight is 342 g/mol. The molecule has 2 N–H and O–H groups in total. The number of ether oxygens (including phenoxy) is 1. The molecule has 24 heavy (non-hydrogen) atoms. The van der Waals surface area contributed by atoms with Gasteiger partial charge in [-0.25, -0.2) is 0 Å². The Morgan fingerprint density at radius 2 is 2.08 bits per heavy atom. The predicted molar refractivity (Wildman–Crippen MR) is 83.5 cm³/mol. The zero-order valence-electron chi connectivity index (χ0n) is 13.3. The van der Waals surface area contributed by atoms with E-state index in [1.54, 1.807) is 0 Å². The first-order valence-corrected chi connectivity index (χ1v) is 8.20. The molecule has 3 rings (SSSR count). The van der Waals surface area contributed by atoms with E-state index < -0.39 is 11.7 Å². The molecule has 132 valence electrons. The van der Waals surface area contributed by atoms with Crippen LogP contribution in [0.4, 0.5) is 18.9 Å². The number of anilines is 1. The lowest BCUT2D eigenvalue weighted by molar-refractivity contribution is -0.137. The summed E-state index contributed by atoms with van der Waals surface area (Å²) in [6.07, 6.45) is -0.806. The molecule has 1 saturated carbocycles. The maximum absolute atomic E-state index is 13.0. The molecule has 2 unspecified atom stereocenters. The van der Waals surface area contributed by atoms with Gasteiger partial charge in [-0.05, 0) is 55.4 Å². The number of nitrogens with two attached hydrogens (primary N) is 1. The van der Waals surface area contributed by atoms with Crippen LogP contribution in [-0.2, 0) is 15.7 Å². The second kappa shape index (κ2) is 6.63. The van der Waals surface area contributed by atoms with Crippen LogP contribution >= 0.6 is 0 Å². The van der Waals surface area contributed by atoms with Gasteiger partial charge in [-0.2, -0.15) is 13.2 Å². The van der Waals surface area contributed by atoms with Crippen molar-refractivity contribution in [2.45, 2.75) is 43.9 Å². The van der Waals surface area contributed by atoms with Crippen molar-refractivity contribution < 1.29 is 22.7 Å². The molecule has 1 aromatic rings. The van der Waals surface area contributed by atoms with Gasteiger partial charge >= 0.3 is 6.18 Å². The molecule has 1 fully saturated rings. The molecule has 0 saturated heterocycles. The molecule has 0 spiro atoms. The van der Waals surface area contributed by atoms with Gasteiger partial charge in [0.05, 0.1) is 12.2 Å². The zero-order chi connectivity index (χ0) is 17.3.